The van der Waals surface area contributed by atoms with Crippen LogP contribution in [-0.4, -0.2) is 12.0 Å². The van der Waals surface area contributed by atoms with Crippen molar-refractivity contribution < 1.29 is 0 Å². The molecule has 0 aliphatic carbocycles. The molecule has 0 fully saturated rings. The van der Waals surface area contributed by atoms with E-state index in [2.05, 4.69) is 58.8 Å². The zero-order valence-electron chi connectivity index (χ0n) is 10.9. The predicted octanol–water partition coefficient (Wildman–Crippen LogP) is 3.62. The number of nitrogens with one attached hydrogen (secondary N) is 1. The Labute approximate surface area is 113 Å². The van der Waals surface area contributed by atoms with Gasteiger partial charge in [-0.25, -0.2) is 0 Å². The van der Waals surface area contributed by atoms with Crippen molar-refractivity contribution in [3.63, 3.8) is 0 Å². The summed E-state index contributed by atoms with van der Waals surface area (Å²) in [7, 11) is 1.97. The molecule has 2 aromatic carbocycles. The average molecular weight is 248 g/mol. The van der Waals surface area contributed by atoms with Crippen molar-refractivity contribution in [2.24, 2.45) is 0 Å². The number of fused-ring (bicyclic) bond motifs is 1. The molecule has 3 rings (SSSR count). The van der Waals surface area contributed by atoms with E-state index in [-0.39, 0.29) is 0 Å². The van der Waals surface area contributed by atoms with Crippen molar-refractivity contribution in [1.29, 1.82) is 0 Å². The van der Waals surface area contributed by atoms with Gasteiger partial charge in [-0.05, 0) is 35.2 Å². The van der Waals surface area contributed by atoms with E-state index in [1.807, 2.05) is 19.4 Å². The largest absolute Gasteiger partial charge is 0.316 e. The molecule has 0 radical (unpaired) electrons. The summed E-state index contributed by atoms with van der Waals surface area (Å²) < 4.78 is 0. The molecule has 0 saturated heterocycles. The number of benzene rings is 2. The van der Waals surface area contributed by atoms with Gasteiger partial charge in [-0.2, -0.15) is 0 Å². The second-order valence-corrected chi connectivity index (χ2v) is 4.59. The van der Waals surface area contributed by atoms with Crippen LogP contribution in [0.5, 0.6) is 0 Å². The molecule has 0 atom stereocenters. The van der Waals surface area contributed by atoms with Gasteiger partial charge in [-0.1, -0.05) is 42.5 Å². The molecule has 2 heteroatoms. The lowest BCUT2D eigenvalue weighted by Crippen LogP contribution is -2.06. The fourth-order valence-corrected chi connectivity index (χ4v) is 2.48. The van der Waals surface area contributed by atoms with Crippen molar-refractivity contribution in [1.82, 2.24) is 10.3 Å². The lowest BCUT2D eigenvalue weighted by Gasteiger charge is -2.11. The Morgan fingerprint density at radius 1 is 0.947 bits per heavy atom. The number of aromatic nitrogens is 1. The van der Waals surface area contributed by atoms with Gasteiger partial charge in [0.2, 0.25) is 0 Å². The highest BCUT2D eigenvalue weighted by Gasteiger charge is 2.07. The maximum Gasteiger partial charge on any atom is 0.0352 e. The Kier molecular flexibility index (Phi) is 3.25. The second kappa shape index (κ2) is 5.21. The van der Waals surface area contributed by atoms with Crippen molar-refractivity contribution in [3.8, 4) is 11.1 Å². The van der Waals surface area contributed by atoms with Gasteiger partial charge in [-0.3, -0.25) is 4.98 Å². The molecule has 1 heterocycles. The Morgan fingerprint density at radius 2 is 1.79 bits per heavy atom. The number of nitrogens with zero attached hydrogens (tertiary/aromatic N) is 1. The number of pyridine rings is 1. The Morgan fingerprint density at radius 3 is 2.68 bits per heavy atom. The van der Waals surface area contributed by atoms with Crippen LogP contribution in [0.4, 0.5) is 0 Å². The Hall–Kier alpha value is -2.19. The molecule has 0 saturated carbocycles. The smallest absolute Gasteiger partial charge is 0.0352 e. The fraction of sp³-hybridized carbons (Fsp3) is 0.118. The maximum absolute atomic E-state index is 4.26. The summed E-state index contributed by atoms with van der Waals surface area (Å²) in [6.07, 6.45) is 3.78. The monoisotopic (exact) mass is 248 g/mol. The summed E-state index contributed by atoms with van der Waals surface area (Å²) in [6, 6.07) is 17.0. The van der Waals surface area contributed by atoms with Gasteiger partial charge in [0.25, 0.3) is 0 Å². The van der Waals surface area contributed by atoms with E-state index in [4.69, 9.17) is 0 Å². The number of hydrogen-bond acceptors (Lipinski definition) is 2. The van der Waals surface area contributed by atoms with Crippen molar-refractivity contribution in [2.45, 2.75) is 6.54 Å². The van der Waals surface area contributed by atoms with E-state index in [0.29, 0.717) is 0 Å². The highest BCUT2D eigenvalue weighted by molar-refractivity contribution is 5.96. The lowest BCUT2D eigenvalue weighted by atomic mass is 9.95. The fourth-order valence-electron chi connectivity index (χ4n) is 2.48. The average Bonchev–Trinajstić information content (AvgIpc) is 2.48. The van der Waals surface area contributed by atoms with Gasteiger partial charge in [0.05, 0.1) is 0 Å². The summed E-state index contributed by atoms with van der Waals surface area (Å²) in [4.78, 5) is 4.26. The van der Waals surface area contributed by atoms with E-state index < -0.39 is 0 Å². The number of rotatable bonds is 3. The van der Waals surface area contributed by atoms with Crippen LogP contribution in [0.15, 0.2) is 60.9 Å². The molecule has 94 valence electrons. The van der Waals surface area contributed by atoms with Gasteiger partial charge >= 0.3 is 0 Å². The van der Waals surface area contributed by atoms with Crippen LogP contribution in [-0.2, 0) is 6.54 Å². The molecule has 0 unspecified atom stereocenters. The minimum Gasteiger partial charge on any atom is -0.316 e. The molecule has 0 amide bonds. The van der Waals surface area contributed by atoms with Crippen molar-refractivity contribution in [3.05, 3.63) is 66.5 Å². The van der Waals surface area contributed by atoms with Gasteiger partial charge in [-0.15, -0.1) is 0 Å². The molecule has 2 nitrogen and oxygen atoms in total. The molecule has 1 N–H and O–H groups in total. The van der Waals surface area contributed by atoms with Gasteiger partial charge < -0.3 is 5.32 Å². The van der Waals surface area contributed by atoms with Gasteiger partial charge in [0.15, 0.2) is 0 Å². The van der Waals surface area contributed by atoms with Crippen molar-refractivity contribution >= 4 is 10.8 Å². The summed E-state index contributed by atoms with van der Waals surface area (Å²) in [6.45, 7) is 0.868. The van der Waals surface area contributed by atoms with Crippen LogP contribution in [0.3, 0.4) is 0 Å². The summed E-state index contributed by atoms with van der Waals surface area (Å²) in [5, 5.41) is 5.66. The highest BCUT2D eigenvalue weighted by atomic mass is 14.8. The molecule has 1 aromatic heterocycles. The van der Waals surface area contributed by atoms with Gasteiger partial charge in [0.1, 0.15) is 0 Å². The minimum absolute atomic E-state index is 0.868. The summed E-state index contributed by atoms with van der Waals surface area (Å²) in [5.74, 6) is 0. The van der Waals surface area contributed by atoms with E-state index in [1.165, 1.54) is 27.5 Å². The first-order valence-corrected chi connectivity index (χ1v) is 6.46. The normalized spacial score (nSPS) is 10.8. The first kappa shape index (κ1) is 11.9. The van der Waals surface area contributed by atoms with Crippen LogP contribution in [0.25, 0.3) is 21.9 Å². The molecular formula is C17H16N2. The third kappa shape index (κ3) is 2.23. The summed E-state index contributed by atoms with van der Waals surface area (Å²) >= 11 is 0. The SMILES string of the molecule is CNCc1ccccc1-c1cccc2ccncc12. The van der Waals surface area contributed by atoms with Crippen LogP contribution < -0.4 is 5.32 Å². The van der Waals surface area contributed by atoms with E-state index in [9.17, 15) is 0 Å². The third-order valence-corrected chi connectivity index (χ3v) is 3.36. The minimum atomic E-state index is 0.868. The molecular weight excluding hydrogens is 232 g/mol. The van der Waals surface area contributed by atoms with Crippen molar-refractivity contribution in [2.75, 3.05) is 7.05 Å². The zero-order chi connectivity index (χ0) is 13.1. The third-order valence-electron chi connectivity index (χ3n) is 3.36. The second-order valence-electron chi connectivity index (χ2n) is 4.59. The molecule has 0 aliphatic rings. The first-order chi connectivity index (χ1) is 9.40. The lowest BCUT2D eigenvalue weighted by molar-refractivity contribution is 0.819. The Balaban J connectivity index is 2.25. The first-order valence-electron chi connectivity index (χ1n) is 6.46. The zero-order valence-corrected chi connectivity index (χ0v) is 10.9. The molecule has 3 aromatic rings. The Bertz CT molecular complexity index is 699. The quantitative estimate of drug-likeness (QED) is 0.765. The molecule has 19 heavy (non-hydrogen) atoms. The van der Waals surface area contributed by atoms with Crippen LogP contribution in [0, 0.1) is 0 Å². The molecule has 0 spiro atoms. The standard InChI is InChI=1S/C17H16N2/c1-18-11-14-5-2-3-7-15(14)16-8-4-6-13-9-10-19-12-17(13)16/h2-10,12,18H,11H2,1H3. The molecule has 0 aliphatic heterocycles. The predicted molar refractivity (Wildman–Crippen MR) is 79.9 cm³/mol. The van der Waals surface area contributed by atoms with Gasteiger partial charge in [0, 0.05) is 24.3 Å². The topological polar surface area (TPSA) is 24.9 Å². The maximum atomic E-state index is 4.26. The highest BCUT2D eigenvalue weighted by Crippen LogP contribution is 2.30. The van der Waals surface area contributed by atoms with Crippen LogP contribution in [0.1, 0.15) is 5.56 Å². The molecule has 0 bridgehead atoms. The van der Waals surface area contributed by atoms with E-state index in [1.54, 1.807) is 0 Å². The van der Waals surface area contributed by atoms with Crippen LogP contribution in [0.2, 0.25) is 0 Å². The van der Waals surface area contributed by atoms with E-state index in [0.717, 1.165) is 6.54 Å². The number of hydrogen-bond donors (Lipinski definition) is 1. The van der Waals surface area contributed by atoms with E-state index >= 15 is 0 Å². The summed E-state index contributed by atoms with van der Waals surface area (Å²) in [5.41, 5.74) is 3.83. The van der Waals surface area contributed by atoms with Crippen LogP contribution >= 0.6 is 0 Å².